The first-order chi connectivity index (χ1) is 7.04. The summed E-state index contributed by atoms with van der Waals surface area (Å²) in [7, 11) is 1.39. The minimum atomic E-state index is -1.14. The number of ether oxygens (including phenoxy) is 1. The molecule has 0 saturated carbocycles. The number of carbonyl (C=O) groups is 1. The number of hydrogen-bond acceptors (Lipinski definition) is 2. The lowest BCUT2D eigenvalue weighted by atomic mass is 10.1. The molecule has 0 aliphatic heterocycles. The van der Waals surface area contributed by atoms with Crippen molar-refractivity contribution in [3.05, 3.63) is 34.1 Å². The second kappa shape index (κ2) is 4.93. The van der Waals surface area contributed by atoms with Gasteiger partial charge < -0.3 is 9.84 Å². The Morgan fingerprint density at radius 1 is 1.60 bits per heavy atom. The molecule has 0 unspecified atom stereocenters. The fourth-order valence-corrected chi connectivity index (χ4v) is 1.46. The van der Waals surface area contributed by atoms with Gasteiger partial charge in [-0.15, -0.1) is 0 Å². The molecule has 0 atom stereocenters. The minimum absolute atomic E-state index is 0.114. The average molecular weight is 275 g/mol. The van der Waals surface area contributed by atoms with E-state index in [-0.39, 0.29) is 11.3 Å². The number of carboxylic acid groups (broad SMARTS) is 1. The van der Waals surface area contributed by atoms with E-state index in [1.807, 2.05) is 0 Å². The normalized spacial score (nSPS) is 10.6. The van der Waals surface area contributed by atoms with Crippen LogP contribution in [-0.2, 0) is 4.79 Å². The lowest BCUT2D eigenvalue weighted by Gasteiger charge is -2.06. The van der Waals surface area contributed by atoms with Crippen molar-refractivity contribution in [2.24, 2.45) is 0 Å². The van der Waals surface area contributed by atoms with Crippen LogP contribution in [0.5, 0.6) is 5.75 Å². The van der Waals surface area contributed by atoms with E-state index in [0.29, 0.717) is 4.47 Å². The molecule has 0 amide bonds. The van der Waals surface area contributed by atoms with Crippen LogP contribution in [0.15, 0.2) is 22.7 Å². The maximum Gasteiger partial charge on any atom is 0.328 e. The lowest BCUT2D eigenvalue weighted by molar-refractivity contribution is -0.131. The van der Waals surface area contributed by atoms with Crippen molar-refractivity contribution in [3.63, 3.8) is 0 Å². The van der Waals surface area contributed by atoms with Crippen molar-refractivity contribution in [3.8, 4) is 5.75 Å². The van der Waals surface area contributed by atoms with Crippen molar-refractivity contribution in [2.45, 2.75) is 0 Å². The van der Waals surface area contributed by atoms with Crippen molar-refractivity contribution >= 4 is 28.0 Å². The maximum absolute atomic E-state index is 13.4. The molecule has 1 aromatic rings. The fourth-order valence-electron chi connectivity index (χ4n) is 1.05. The van der Waals surface area contributed by atoms with Crippen molar-refractivity contribution in [1.29, 1.82) is 0 Å². The third-order valence-corrected chi connectivity index (χ3v) is 2.13. The Hall–Kier alpha value is -1.36. The third kappa shape index (κ3) is 3.06. The summed E-state index contributed by atoms with van der Waals surface area (Å²) in [5.41, 5.74) is 0.114. The Labute approximate surface area is 94.3 Å². The van der Waals surface area contributed by atoms with E-state index in [1.165, 1.54) is 13.2 Å². The van der Waals surface area contributed by atoms with Crippen LogP contribution < -0.4 is 4.74 Å². The molecule has 3 nitrogen and oxygen atoms in total. The molecule has 0 fully saturated rings. The van der Waals surface area contributed by atoms with Crippen LogP contribution in [-0.4, -0.2) is 18.2 Å². The van der Waals surface area contributed by atoms with E-state index in [2.05, 4.69) is 15.9 Å². The molecular formula is C10H8BrFO3. The highest BCUT2D eigenvalue weighted by molar-refractivity contribution is 9.10. The van der Waals surface area contributed by atoms with E-state index in [9.17, 15) is 9.18 Å². The molecule has 0 bridgehead atoms. The number of aliphatic carboxylic acids is 1. The Morgan fingerprint density at radius 3 is 2.80 bits per heavy atom. The van der Waals surface area contributed by atoms with Crippen molar-refractivity contribution in [2.75, 3.05) is 7.11 Å². The summed E-state index contributed by atoms with van der Waals surface area (Å²) in [5.74, 6) is -1.41. The Balaban J connectivity index is 3.20. The fraction of sp³-hybridized carbons (Fsp3) is 0.100. The monoisotopic (exact) mass is 274 g/mol. The van der Waals surface area contributed by atoms with Gasteiger partial charge in [-0.05, 0) is 18.2 Å². The molecule has 0 aromatic heterocycles. The van der Waals surface area contributed by atoms with Gasteiger partial charge in [-0.25, -0.2) is 9.18 Å². The maximum atomic E-state index is 13.4. The van der Waals surface area contributed by atoms with Crippen LogP contribution >= 0.6 is 15.9 Å². The topological polar surface area (TPSA) is 46.5 Å². The van der Waals surface area contributed by atoms with E-state index in [4.69, 9.17) is 9.84 Å². The zero-order chi connectivity index (χ0) is 11.4. The van der Waals surface area contributed by atoms with Gasteiger partial charge in [-0.1, -0.05) is 15.9 Å². The van der Waals surface area contributed by atoms with Gasteiger partial charge in [0.1, 0.15) is 11.6 Å². The highest BCUT2D eigenvalue weighted by Crippen LogP contribution is 2.27. The van der Waals surface area contributed by atoms with Gasteiger partial charge in [0.05, 0.1) is 12.7 Å². The minimum Gasteiger partial charge on any atom is -0.496 e. The second-order valence-electron chi connectivity index (χ2n) is 2.68. The molecule has 0 aliphatic rings. The summed E-state index contributed by atoms with van der Waals surface area (Å²) in [6.45, 7) is 0. The summed E-state index contributed by atoms with van der Waals surface area (Å²) in [6, 6.07) is 2.80. The van der Waals surface area contributed by atoms with Crippen LogP contribution in [0.2, 0.25) is 0 Å². The van der Waals surface area contributed by atoms with Gasteiger partial charge in [-0.3, -0.25) is 0 Å². The van der Waals surface area contributed by atoms with Gasteiger partial charge >= 0.3 is 5.97 Å². The summed E-state index contributed by atoms with van der Waals surface area (Å²) < 4.78 is 18.9. The van der Waals surface area contributed by atoms with Gasteiger partial charge in [0, 0.05) is 10.5 Å². The molecular weight excluding hydrogens is 267 g/mol. The smallest absolute Gasteiger partial charge is 0.328 e. The zero-order valence-electron chi connectivity index (χ0n) is 7.83. The predicted molar refractivity (Wildman–Crippen MR) is 57.3 cm³/mol. The first-order valence-corrected chi connectivity index (χ1v) is 4.78. The van der Waals surface area contributed by atoms with Crippen LogP contribution in [0, 0.1) is 5.82 Å². The van der Waals surface area contributed by atoms with E-state index >= 15 is 0 Å². The largest absolute Gasteiger partial charge is 0.496 e. The van der Waals surface area contributed by atoms with Crippen molar-refractivity contribution < 1.29 is 19.0 Å². The molecule has 0 saturated heterocycles. The molecule has 0 spiro atoms. The molecule has 1 N–H and O–H groups in total. The molecule has 15 heavy (non-hydrogen) atoms. The van der Waals surface area contributed by atoms with Gasteiger partial charge in [-0.2, -0.15) is 0 Å². The van der Waals surface area contributed by atoms with Gasteiger partial charge in [0.25, 0.3) is 0 Å². The first-order valence-electron chi connectivity index (χ1n) is 3.98. The van der Waals surface area contributed by atoms with Crippen molar-refractivity contribution in [1.82, 2.24) is 0 Å². The lowest BCUT2D eigenvalue weighted by Crippen LogP contribution is -1.93. The molecule has 1 rings (SSSR count). The quantitative estimate of drug-likeness (QED) is 0.863. The zero-order valence-corrected chi connectivity index (χ0v) is 9.42. The summed E-state index contributed by atoms with van der Waals surface area (Å²) in [4.78, 5) is 10.3. The van der Waals surface area contributed by atoms with Gasteiger partial charge in [0.2, 0.25) is 0 Å². The van der Waals surface area contributed by atoms with Gasteiger partial charge in [0.15, 0.2) is 0 Å². The van der Waals surface area contributed by atoms with Crippen LogP contribution in [0.3, 0.4) is 0 Å². The van der Waals surface area contributed by atoms with E-state index in [1.54, 1.807) is 6.07 Å². The average Bonchev–Trinajstić information content (AvgIpc) is 2.14. The second-order valence-corrected chi connectivity index (χ2v) is 3.59. The van der Waals surface area contributed by atoms with E-state index < -0.39 is 11.8 Å². The Bertz CT molecular complexity index is 415. The number of carboxylic acids is 1. The SMILES string of the molecule is COc1cc(Br)cc(F)c1C=CC(=O)O. The summed E-state index contributed by atoms with van der Waals surface area (Å²) in [5, 5.41) is 8.42. The van der Waals surface area contributed by atoms with E-state index in [0.717, 1.165) is 12.2 Å². The summed E-state index contributed by atoms with van der Waals surface area (Å²) in [6.07, 6.45) is 2.01. The first kappa shape index (κ1) is 11.7. The third-order valence-electron chi connectivity index (χ3n) is 1.67. The highest BCUT2D eigenvalue weighted by atomic mass is 79.9. The number of rotatable bonds is 3. The van der Waals surface area contributed by atoms with Crippen LogP contribution in [0.25, 0.3) is 6.08 Å². The molecule has 5 heteroatoms. The standard InChI is InChI=1S/C10H8BrFO3/c1-15-9-5-6(11)4-8(12)7(9)2-3-10(13)14/h2-5H,1H3,(H,13,14). The molecule has 0 aliphatic carbocycles. The van der Waals surface area contributed by atoms with Crippen LogP contribution in [0.1, 0.15) is 5.56 Å². The number of benzene rings is 1. The number of methoxy groups -OCH3 is 1. The highest BCUT2D eigenvalue weighted by Gasteiger charge is 2.08. The Morgan fingerprint density at radius 2 is 2.27 bits per heavy atom. The molecule has 0 radical (unpaired) electrons. The Kier molecular flexibility index (Phi) is 3.85. The number of hydrogen-bond donors (Lipinski definition) is 1. The molecule has 80 valence electrons. The predicted octanol–water partition coefficient (Wildman–Crippen LogP) is 2.69. The van der Waals surface area contributed by atoms with Crippen LogP contribution in [0.4, 0.5) is 4.39 Å². The molecule has 0 heterocycles. The summed E-state index contributed by atoms with van der Waals surface area (Å²) >= 11 is 3.11. The molecule has 1 aromatic carbocycles. The number of halogens is 2.